The van der Waals surface area contributed by atoms with Crippen LogP contribution >= 0.6 is 0 Å². The van der Waals surface area contributed by atoms with Crippen molar-refractivity contribution in [1.29, 1.82) is 0 Å². The van der Waals surface area contributed by atoms with Crippen molar-refractivity contribution in [2.24, 2.45) is 0 Å². The Balaban J connectivity index is 1.36. The van der Waals surface area contributed by atoms with E-state index in [1.165, 1.54) is 4.90 Å². The third-order valence-electron chi connectivity index (χ3n) is 7.41. The number of nitrogens with zero attached hydrogens (tertiary/aromatic N) is 2. The van der Waals surface area contributed by atoms with Crippen molar-refractivity contribution >= 4 is 34.4 Å². The molecule has 0 bridgehead atoms. The van der Waals surface area contributed by atoms with Crippen LogP contribution in [0.15, 0.2) is 48.5 Å². The molecule has 3 heterocycles. The topological polar surface area (TPSA) is 85.5 Å². The summed E-state index contributed by atoms with van der Waals surface area (Å²) >= 11 is 0. The maximum absolute atomic E-state index is 13.6. The lowest BCUT2D eigenvalue weighted by Crippen LogP contribution is -2.42. The van der Waals surface area contributed by atoms with Crippen molar-refractivity contribution in [3.63, 3.8) is 0 Å². The third-order valence-corrected chi connectivity index (χ3v) is 7.41. The van der Waals surface area contributed by atoms with Gasteiger partial charge in [-0.1, -0.05) is 43.2 Å². The normalized spacial score (nSPS) is 22.7. The minimum atomic E-state index is -0.579. The molecule has 0 radical (unpaired) electrons. The van der Waals surface area contributed by atoms with Gasteiger partial charge in [-0.15, -0.1) is 0 Å². The highest BCUT2D eigenvalue weighted by Gasteiger charge is 2.52. The fourth-order valence-corrected chi connectivity index (χ4v) is 5.78. The smallest absolute Gasteiger partial charge is 0.332 e. The molecule has 2 N–H and O–H groups in total. The number of hydrogen-bond donors (Lipinski definition) is 2. The van der Waals surface area contributed by atoms with Crippen molar-refractivity contribution in [3.05, 3.63) is 65.4 Å². The number of hydrogen-bond acceptors (Lipinski definition) is 3. The zero-order chi connectivity index (χ0) is 22.7. The second-order valence-corrected chi connectivity index (χ2v) is 9.29. The molecule has 6 rings (SSSR count). The first-order valence-corrected chi connectivity index (χ1v) is 11.7. The fourth-order valence-electron chi connectivity index (χ4n) is 5.78. The van der Waals surface area contributed by atoms with Crippen LogP contribution in [0, 0.1) is 0 Å². The van der Waals surface area contributed by atoms with Crippen molar-refractivity contribution in [2.75, 3.05) is 4.90 Å². The summed E-state index contributed by atoms with van der Waals surface area (Å²) in [4.78, 5) is 46.6. The summed E-state index contributed by atoms with van der Waals surface area (Å²) in [5.74, 6) is -0.504. The second kappa shape index (κ2) is 7.47. The molecule has 1 aliphatic carbocycles. The number of nitrogens with one attached hydrogen (secondary N) is 2. The van der Waals surface area contributed by atoms with E-state index in [0.29, 0.717) is 17.7 Å². The van der Waals surface area contributed by atoms with Crippen molar-refractivity contribution < 1.29 is 14.4 Å². The molecular formula is C26H26N4O3. The summed E-state index contributed by atoms with van der Waals surface area (Å²) < 4.78 is 0. The molecule has 2 atom stereocenters. The number of carbonyl (C=O) groups excluding carboxylic acids is 3. The van der Waals surface area contributed by atoms with Gasteiger partial charge in [-0.25, -0.2) is 9.69 Å². The van der Waals surface area contributed by atoms with Crippen LogP contribution in [0.1, 0.15) is 60.3 Å². The molecular weight excluding hydrogens is 416 g/mol. The number of fused-ring (bicyclic) bond motifs is 4. The number of para-hydroxylation sites is 2. The number of rotatable bonds is 3. The predicted molar refractivity (Wildman–Crippen MR) is 125 cm³/mol. The maximum atomic E-state index is 13.6. The first-order chi connectivity index (χ1) is 16.0. The number of aromatic nitrogens is 1. The number of imide groups is 1. The molecule has 3 aliphatic rings. The van der Waals surface area contributed by atoms with E-state index in [1.54, 1.807) is 29.2 Å². The van der Waals surface area contributed by atoms with Crippen LogP contribution in [-0.4, -0.2) is 39.8 Å². The number of benzene rings is 2. The summed E-state index contributed by atoms with van der Waals surface area (Å²) in [5.41, 5.74) is 3.80. The van der Waals surface area contributed by atoms with Crippen LogP contribution in [0.2, 0.25) is 0 Å². The van der Waals surface area contributed by atoms with Crippen LogP contribution in [0.5, 0.6) is 0 Å². The number of anilines is 1. The zero-order valence-corrected chi connectivity index (χ0v) is 18.5. The largest absolute Gasteiger partial charge is 0.356 e. The Morgan fingerprint density at radius 1 is 1.03 bits per heavy atom. The molecule has 1 aromatic heterocycles. The molecule has 2 aromatic carbocycles. The summed E-state index contributed by atoms with van der Waals surface area (Å²) in [6.07, 6.45) is 4.61. The molecule has 168 valence electrons. The molecule has 0 unspecified atom stereocenters. The van der Waals surface area contributed by atoms with Gasteiger partial charge < -0.3 is 15.2 Å². The first-order valence-electron chi connectivity index (χ1n) is 11.7. The van der Waals surface area contributed by atoms with Crippen molar-refractivity contribution in [3.8, 4) is 0 Å². The van der Waals surface area contributed by atoms with E-state index in [0.717, 1.165) is 47.8 Å². The van der Waals surface area contributed by atoms with E-state index in [4.69, 9.17) is 0 Å². The quantitative estimate of drug-likeness (QED) is 0.593. The highest BCUT2D eigenvalue weighted by atomic mass is 16.2. The minimum absolute atomic E-state index is 0.153. The van der Waals surface area contributed by atoms with Gasteiger partial charge in [0.05, 0.1) is 17.3 Å². The molecule has 0 spiro atoms. The molecule has 3 aromatic rings. The molecule has 2 fully saturated rings. The average molecular weight is 443 g/mol. The Bertz CT molecular complexity index is 1290. The van der Waals surface area contributed by atoms with E-state index >= 15 is 0 Å². The summed E-state index contributed by atoms with van der Waals surface area (Å²) in [6, 6.07) is 13.9. The molecule has 33 heavy (non-hydrogen) atoms. The van der Waals surface area contributed by atoms with E-state index in [9.17, 15) is 14.4 Å². The van der Waals surface area contributed by atoms with Crippen LogP contribution in [0.25, 0.3) is 10.9 Å². The molecule has 4 amide bonds. The molecule has 2 aliphatic heterocycles. The van der Waals surface area contributed by atoms with Gasteiger partial charge in [-0.3, -0.25) is 9.59 Å². The van der Waals surface area contributed by atoms with Gasteiger partial charge in [0.25, 0.3) is 11.8 Å². The van der Waals surface area contributed by atoms with E-state index in [2.05, 4.69) is 16.4 Å². The molecule has 7 heteroatoms. The van der Waals surface area contributed by atoms with Gasteiger partial charge >= 0.3 is 6.03 Å². The highest BCUT2D eigenvalue weighted by molar-refractivity contribution is 6.24. The highest BCUT2D eigenvalue weighted by Crippen LogP contribution is 2.42. The third kappa shape index (κ3) is 2.98. The molecule has 1 saturated carbocycles. The number of urea groups is 1. The predicted octanol–water partition coefficient (Wildman–Crippen LogP) is 4.29. The summed E-state index contributed by atoms with van der Waals surface area (Å²) in [5, 5.41) is 4.18. The average Bonchev–Trinajstić information content (AvgIpc) is 3.52. The SMILES string of the molecule is C[C@@H]1c2[nH]c3ccccc3c2C[C@H]2C(=O)N(c3ccccc3C(=O)NC3CCCC3)C(=O)N12. The molecule has 1 saturated heterocycles. The lowest BCUT2D eigenvalue weighted by molar-refractivity contribution is -0.120. The van der Waals surface area contributed by atoms with Gasteiger partial charge in [0.1, 0.15) is 6.04 Å². The number of carbonyl (C=O) groups is 3. The number of H-pyrrole nitrogens is 1. The van der Waals surface area contributed by atoms with Gasteiger partial charge in [0.15, 0.2) is 0 Å². The van der Waals surface area contributed by atoms with E-state index in [-0.39, 0.29) is 29.9 Å². The fraction of sp³-hybridized carbons (Fsp3) is 0.346. The van der Waals surface area contributed by atoms with E-state index < -0.39 is 6.04 Å². The van der Waals surface area contributed by atoms with Crippen LogP contribution in [0.3, 0.4) is 0 Å². The lowest BCUT2D eigenvalue weighted by Gasteiger charge is -2.33. The Labute approximate surface area is 191 Å². The number of aromatic amines is 1. The van der Waals surface area contributed by atoms with Crippen LogP contribution in [0.4, 0.5) is 10.5 Å². The Morgan fingerprint density at radius 3 is 2.58 bits per heavy atom. The lowest BCUT2D eigenvalue weighted by atomic mass is 9.93. The van der Waals surface area contributed by atoms with Crippen molar-refractivity contribution in [1.82, 2.24) is 15.2 Å². The Kier molecular flexibility index (Phi) is 4.54. The van der Waals surface area contributed by atoms with Crippen LogP contribution in [-0.2, 0) is 11.2 Å². The monoisotopic (exact) mass is 442 g/mol. The zero-order valence-electron chi connectivity index (χ0n) is 18.5. The molecule has 7 nitrogen and oxygen atoms in total. The van der Waals surface area contributed by atoms with Gasteiger partial charge in [0.2, 0.25) is 0 Å². The van der Waals surface area contributed by atoms with Gasteiger partial charge in [-0.05, 0) is 43.5 Å². The summed E-state index contributed by atoms with van der Waals surface area (Å²) in [7, 11) is 0. The van der Waals surface area contributed by atoms with E-state index in [1.807, 2.05) is 25.1 Å². The second-order valence-electron chi connectivity index (χ2n) is 9.29. The maximum Gasteiger partial charge on any atom is 0.332 e. The minimum Gasteiger partial charge on any atom is -0.356 e. The van der Waals surface area contributed by atoms with Crippen LogP contribution < -0.4 is 10.2 Å². The standard InChI is InChI=1S/C26H26N4O3/c1-15-23-19(17-10-4-6-12-20(17)28-23)14-22-25(32)30(26(33)29(15)22)21-13-7-5-11-18(21)24(31)27-16-8-2-3-9-16/h4-7,10-13,15-16,22,28H,2-3,8-9,14H2,1H3,(H,27,31)/t15-,22+/m1/s1. The van der Waals surface area contributed by atoms with Crippen molar-refractivity contribution in [2.45, 2.75) is 57.2 Å². The summed E-state index contributed by atoms with van der Waals surface area (Å²) in [6.45, 7) is 1.95. The first kappa shape index (κ1) is 20.0. The Hall–Kier alpha value is -3.61. The Morgan fingerprint density at radius 2 is 1.76 bits per heavy atom. The van der Waals surface area contributed by atoms with Gasteiger partial charge in [0, 0.05) is 29.1 Å². The van der Waals surface area contributed by atoms with Gasteiger partial charge in [-0.2, -0.15) is 0 Å². The number of amides is 4.